The van der Waals surface area contributed by atoms with Gasteiger partial charge in [-0.1, -0.05) is 13.0 Å². The first-order valence-corrected chi connectivity index (χ1v) is 5.45. The summed E-state index contributed by atoms with van der Waals surface area (Å²) in [5.74, 6) is 0.151. The van der Waals surface area contributed by atoms with E-state index in [0.29, 0.717) is 5.88 Å². The standard InChI is InChI=1S/C11H15ClN2O/c1-8(6-12)11(15)14-9(2)10-4-3-5-13-7-10/h3-5,7-9H,6H2,1-2H3,(H,14,15). The van der Waals surface area contributed by atoms with Crippen LogP contribution in [0.25, 0.3) is 0 Å². The highest BCUT2D eigenvalue weighted by Gasteiger charge is 2.14. The van der Waals surface area contributed by atoms with Crippen LogP contribution < -0.4 is 5.32 Å². The van der Waals surface area contributed by atoms with E-state index in [-0.39, 0.29) is 17.9 Å². The van der Waals surface area contributed by atoms with Gasteiger partial charge in [-0.05, 0) is 18.6 Å². The Bertz CT molecular complexity index is 316. The molecule has 1 heterocycles. The van der Waals surface area contributed by atoms with Gasteiger partial charge in [0.2, 0.25) is 5.91 Å². The van der Waals surface area contributed by atoms with Crippen LogP contribution >= 0.6 is 11.6 Å². The number of amides is 1. The number of nitrogens with one attached hydrogen (secondary N) is 1. The van der Waals surface area contributed by atoms with Crippen LogP contribution in [-0.2, 0) is 4.79 Å². The van der Waals surface area contributed by atoms with Crippen LogP contribution in [0, 0.1) is 5.92 Å². The fourth-order valence-corrected chi connectivity index (χ4v) is 1.28. The molecule has 0 aliphatic rings. The van der Waals surface area contributed by atoms with E-state index < -0.39 is 0 Å². The van der Waals surface area contributed by atoms with E-state index in [1.54, 1.807) is 19.3 Å². The Balaban J connectivity index is 2.56. The zero-order chi connectivity index (χ0) is 11.3. The van der Waals surface area contributed by atoms with Crippen LogP contribution in [-0.4, -0.2) is 16.8 Å². The maximum absolute atomic E-state index is 11.5. The lowest BCUT2D eigenvalue weighted by molar-refractivity contribution is -0.124. The second kappa shape index (κ2) is 5.71. The highest BCUT2D eigenvalue weighted by atomic mass is 35.5. The van der Waals surface area contributed by atoms with Gasteiger partial charge in [0, 0.05) is 24.2 Å². The molecule has 0 fully saturated rings. The normalized spacial score (nSPS) is 14.3. The monoisotopic (exact) mass is 226 g/mol. The number of nitrogens with zero attached hydrogens (tertiary/aromatic N) is 1. The van der Waals surface area contributed by atoms with Gasteiger partial charge >= 0.3 is 0 Å². The molecule has 1 aromatic heterocycles. The van der Waals surface area contributed by atoms with Crippen LogP contribution in [0.1, 0.15) is 25.5 Å². The third kappa shape index (κ3) is 3.51. The number of halogens is 1. The van der Waals surface area contributed by atoms with Gasteiger partial charge < -0.3 is 5.32 Å². The van der Waals surface area contributed by atoms with Crippen LogP contribution in [0.15, 0.2) is 24.5 Å². The molecule has 1 amide bonds. The van der Waals surface area contributed by atoms with Crippen molar-refractivity contribution in [3.8, 4) is 0 Å². The second-order valence-electron chi connectivity index (χ2n) is 3.57. The number of hydrogen-bond donors (Lipinski definition) is 1. The largest absolute Gasteiger partial charge is 0.349 e. The Kier molecular flexibility index (Phi) is 4.56. The van der Waals surface area contributed by atoms with Crippen LogP contribution in [0.3, 0.4) is 0 Å². The molecule has 0 aliphatic carbocycles. The molecule has 82 valence electrons. The first kappa shape index (κ1) is 12.0. The first-order valence-electron chi connectivity index (χ1n) is 4.91. The van der Waals surface area contributed by atoms with Crippen molar-refractivity contribution in [1.29, 1.82) is 0 Å². The topological polar surface area (TPSA) is 42.0 Å². The summed E-state index contributed by atoms with van der Waals surface area (Å²) >= 11 is 5.60. The molecule has 0 aromatic carbocycles. The number of pyridine rings is 1. The lowest BCUT2D eigenvalue weighted by Crippen LogP contribution is -2.32. The van der Waals surface area contributed by atoms with Crippen molar-refractivity contribution in [1.82, 2.24) is 10.3 Å². The van der Waals surface area contributed by atoms with E-state index >= 15 is 0 Å². The predicted octanol–water partition coefficient (Wildman–Crippen LogP) is 2.13. The van der Waals surface area contributed by atoms with Gasteiger partial charge in [0.15, 0.2) is 0 Å². The molecule has 1 rings (SSSR count). The summed E-state index contributed by atoms with van der Waals surface area (Å²) in [6.07, 6.45) is 3.45. The van der Waals surface area contributed by atoms with Crippen molar-refractivity contribution in [2.45, 2.75) is 19.9 Å². The average Bonchev–Trinajstić information content (AvgIpc) is 2.29. The summed E-state index contributed by atoms with van der Waals surface area (Å²) in [5.41, 5.74) is 0.993. The molecule has 2 unspecified atom stereocenters. The predicted molar refractivity (Wildman–Crippen MR) is 60.7 cm³/mol. The third-order valence-corrected chi connectivity index (χ3v) is 2.69. The molecule has 0 bridgehead atoms. The highest BCUT2D eigenvalue weighted by molar-refractivity contribution is 6.19. The molecule has 1 aromatic rings. The van der Waals surface area contributed by atoms with Gasteiger partial charge in [0.25, 0.3) is 0 Å². The second-order valence-corrected chi connectivity index (χ2v) is 3.88. The molecule has 0 saturated heterocycles. The van der Waals surface area contributed by atoms with Crippen molar-refractivity contribution in [2.24, 2.45) is 5.92 Å². The molecular weight excluding hydrogens is 212 g/mol. The highest BCUT2D eigenvalue weighted by Crippen LogP contribution is 2.11. The van der Waals surface area contributed by atoms with Crippen LogP contribution in [0.4, 0.5) is 0 Å². The Morgan fingerprint density at radius 3 is 2.87 bits per heavy atom. The molecule has 1 N–H and O–H groups in total. The minimum Gasteiger partial charge on any atom is -0.349 e. The molecule has 0 radical (unpaired) electrons. The van der Waals surface area contributed by atoms with Gasteiger partial charge in [0.05, 0.1) is 6.04 Å². The zero-order valence-electron chi connectivity index (χ0n) is 8.90. The van der Waals surface area contributed by atoms with Gasteiger partial charge in [0.1, 0.15) is 0 Å². The molecule has 4 heteroatoms. The minimum atomic E-state index is -0.161. The third-order valence-electron chi connectivity index (χ3n) is 2.22. The van der Waals surface area contributed by atoms with Gasteiger partial charge in [-0.15, -0.1) is 11.6 Å². The smallest absolute Gasteiger partial charge is 0.224 e. The number of alkyl halides is 1. The van der Waals surface area contributed by atoms with E-state index in [1.807, 2.05) is 19.1 Å². The quantitative estimate of drug-likeness (QED) is 0.800. The van der Waals surface area contributed by atoms with E-state index in [9.17, 15) is 4.79 Å². The lowest BCUT2D eigenvalue weighted by Gasteiger charge is -2.16. The lowest BCUT2D eigenvalue weighted by atomic mass is 10.1. The molecule has 15 heavy (non-hydrogen) atoms. The molecule has 3 nitrogen and oxygen atoms in total. The number of aromatic nitrogens is 1. The van der Waals surface area contributed by atoms with Gasteiger partial charge in [-0.2, -0.15) is 0 Å². The Labute approximate surface area is 94.9 Å². The molecular formula is C11H15ClN2O. The SMILES string of the molecule is CC(CCl)C(=O)NC(C)c1cccnc1. The molecule has 0 aliphatic heterocycles. The van der Waals surface area contributed by atoms with E-state index in [0.717, 1.165) is 5.56 Å². The minimum absolute atomic E-state index is 0.0265. The zero-order valence-corrected chi connectivity index (χ0v) is 9.66. The molecule has 0 spiro atoms. The fraction of sp³-hybridized carbons (Fsp3) is 0.455. The van der Waals surface area contributed by atoms with Crippen LogP contribution in [0.2, 0.25) is 0 Å². The number of carbonyl (C=O) groups is 1. The van der Waals surface area contributed by atoms with Crippen molar-refractivity contribution < 1.29 is 4.79 Å². The van der Waals surface area contributed by atoms with Gasteiger partial charge in [-0.3, -0.25) is 9.78 Å². The summed E-state index contributed by atoms with van der Waals surface area (Å²) in [6, 6.07) is 3.75. The van der Waals surface area contributed by atoms with Crippen LogP contribution in [0.5, 0.6) is 0 Å². The maximum atomic E-state index is 11.5. The number of rotatable bonds is 4. The van der Waals surface area contributed by atoms with Crippen molar-refractivity contribution in [3.05, 3.63) is 30.1 Å². The summed E-state index contributed by atoms with van der Waals surface area (Å²) < 4.78 is 0. The van der Waals surface area contributed by atoms with E-state index in [2.05, 4.69) is 10.3 Å². The Hall–Kier alpha value is -1.09. The number of hydrogen-bond acceptors (Lipinski definition) is 2. The molecule has 0 saturated carbocycles. The van der Waals surface area contributed by atoms with Gasteiger partial charge in [-0.25, -0.2) is 0 Å². The number of carbonyl (C=O) groups excluding carboxylic acids is 1. The summed E-state index contributed by atoms with van der Waals surface area (Å²) in [4.78, 5) is 15.5. The first-order chi connectivity index (χ1) is 7.15. The Morgan fingerprint density at radius 1 is 1.60 bits per heavy atom. The average molecular weight is 227 g/mol. The summed E-state index contributed by atoms with van der Waals surface area (Å²) in [5, 5.41) is 2.88. The Morgan fingerprint density at radius 2 is 2.33 bits per heavy atom. The van der Waals surface area contributed by atoms with E-state index in [1.165, 1.54) is 0 Å². The summed E-state index contributed by atoms with van der Waals surface area (Å²) in [6.45, 7) is 3.73. The maximum Gasteiger partial charge on any atom is 0.224 e. The van der Waals surface area contributed by atoms with Crippen molar-refractivity contribution in [2.75, 3.05) is 5.88 Å². The van der Waals surface area contributed by atoms with Crippen molar-refractivity contribution in [3.63, 3.8) is 0 Å². The van der Waals surface area contributed by atoms with Crippen molar-refractivity contribution >= 4 is 17.5 Å². The molecule has 2 atom stereocenters. The van der Waals surface area contributed by atoms with E-state index in [4.69, 9.17) is 11.6 Å². The summed E-state index contributed by atoms with van der Waals surface area (Å²) in [7, 11) is 0. The fourth-order valence-electron chi connectivity index (χ4n) is 1.14.